The largest absolute Gasteiger partial charge is 4.00 e. The summed E-state index contributed by atoms with van der Waals surface area (Å²) in [5.41, 5.74) is 0. The van der Waals surface area contributed by atoms with Crippen LogP contribution in [-0.2, 0) is 25.8 Å². The molecule has 1 aromatic rings. The molecule has 0 aromatic heterocycles. The van der Waals surface area contributed by atoms with Gasteiger partial charge in [0, 0.05) is 0 Å². The first-order chi connectivity index (χ1) is 9.17. The molecule has 6 heteroatoms. The summed E-state index contributed by atoms with van der Waals surface area (Å²) in [5.74, 6) is 0. The number of halogens is 1. The van der Waals surface area contributed by atoms with Gasteiger partial charge in [0.05, 0.1) is 0 Å². The summed E-state index contributed by atoms with van der Waals surface area (Å²) >= 11 is 0. The van der Waals surface area contributed by atoms with Crippen molar-refractivity contribution in [2.45, 2.75) is 20.8 Å². The molecule has 0 unspecified atom stereocenters. The van der Waals surface area contributed by atoms with Crippen LogP contribution in [0.4, 0.5) is 4.11 Å². The Kier molecular flexibility index (Phi) is 44.9. The molecule has 0 saturated heterocycles. The third-order valence-electron chi connectivity index (χ3n) is 1.83. The van der Waals surface area contributed by atoms with Gasteiger partial charge >= 0.3 is 25.8 Å². The van der Waals surface area contributed by atoms with Crippen molar-refractivity contribution < 1.29 is 30.0 Å². The summed E-state index contributed by atoms with van der Waals surface area (Å²) in [7, 11) is 4.05. The van der Waals surface area contributed by atoms with Crippen LogP contribution in [0.5, 0.6) is 0 Å². The minimum Gasteiger partial charge on any atom is -0.665 e. The summed E-state index contributed by atoms with van der Waals surface area (Å²) in [6, 6.07) is 7.38. The first-order valence-corrected chi connectivity index (χ1v) is 7.85. The van der Waals surface area contributed by atoms with E-state index < -0.39 is 9.85 Å². The molecule has 0 spiro atoms. The van der Waals surface area contributed by atoms with Crippen molar-refractivity contribution in [1.29, 1.82) is 0 Å². The monoisotopic (exact) mass is 467 g/mol. The number of hydrogen-bond acceptors (Lipinski definition) is 0. The maximum absolute atomic E-state index is 11.7. The van der Waals surface area contributed by atoms with E-state index >= 15 is 0 Å². The topological polar surface area (TPSA) is 42.3 Å². The summed E-state index contributed by atoms with van der Waals surface area (Å²) in [6.07, 6.45) is 0. The van der Waals surface area contributed by atoms with Crippen molar-refractivity contribution in [1.82, 2.24) is 0 Å². The van der Waals surface area contributed by atoms with Crippen LogP contribution in [-0.4, -0.2) is 50.6 Å². The van der Waals surface area contributed by atoms with Gasteiger partial charge < -0.3 is 20.1 Å². The van der Waals surface area contributed by atoms with Crippen LogP contribution in [0, 0.1) is 0 Å². The fourth-order valence-electron chi connectivity index (χ4n) is 0.503. The molecule has 0 amide bonds. The fourth-order valence-corrected chi connectivity index (χ4v) is 0.953. The third-order valence-corrected chi connectivity index (χ3v) is 2.61. The summed E-state index contributed by atoms with van der Waals surface area (Å²) in [4.78, 5) is 0. The Bertz CT molecular complexity index is 197. The number of hydrogen-bond donors (Lipinski definition) is 0. The van der Waals surface area contributed by atoms with Gasteiger partial charge in [-0.25, -0.2) is 12.1 Å². The standard InChI is InChI=1S/C5H6FSi.3C3H8N.Hf/c6-7-5-3-1-2-4-5;3*1-3-4-2;/h1-4H,7H2;3*3H2,1-2H3;/q4*-1;+4. The van der Waals surface area contributed by atoms with Crippen LogP contribution in [0.2, 0.25) is 0 Å². The van der Waals surface area contributed by atoms with Crippen molar-refractivity contribution >= 4 is 15.0 Å². The molecule has 0 bridgehead atoms. The molecule has 0 atom stereocenters. The number of nitrogens with zero attached hydrogens (tertiary/aromatic N) is 3. The Morgan fingerprint density at radius 2 is 1.10 bits per heavy atom. The van der Waals surface area contributed by atoms with Crippen LogP contribution in [0.25, 0.3) is 16.0 Å². The van der Waals surface area contributed by atoms with Crippen molar-refractivity contribution in [2.75, 3.05) is 40.8 Å². The third kappa shape index (κ3) is 36.2. The Balaban J connectivity index is -0.0000000881. The molecule has 0 heterocycles. The smallest absolute Gasteiger partial charge is 0.665 e. The molecule has 116 valence electrons. The van der Waals surface area contributed by atoms with E-state index in [4.69, 9.17) is 0 Å². The van der Waals surface area contributed by atoms with Gasteiger partial charge in [-0.05, 0) is 0 Å². The maximum atomic E-state index is 11.7. The van der Waals surface area contributed by atoms with Crippen molar-refractivity contribution in [2.24, 2.45) is 0 Å². The molecular formula is C14H30FHfN3Si. The fraction of sp³-hybridized carbons (Fsp3) is 0.643. The van der Waals surface area contributed by atoms with E-state index in [9.17, 15) is 4.11 Å². The molecule has 1 aromatic carbocycles. The molecule has 0 aliphatic carbocycles. The Labute approximate surface area is 146 Å². The quantitative estimate of drug-likeness (QED) is 0.372. The molecule has 3 nitrogen and oxygen atoms in total. The zero-order chi connectivity index (χ0) is 15.4. The van der Waals surface area contributed by atoms with Crippen LogP contribution >= 0.6 is 0 Å². The van der Waals surface area contributed by atoms with Crippen molar-refractivity contribution in [3.8, 4) is 0 Å². The molecule has 0 aliphatic heterocycles. The second-order valence-electron chi connectivity index (χ2n) is 3.32. The predicted octanol–water partition coefficient (Wildman–Crippen LogP) is 3.11. The van der Waals surface area contributed by atoms with Crippen LogP contribution in [0.15, 0.2) is 24.3 Å². The first-order valence-electron chi connectivity index (χ1n) is 6.61. The average molecular weight is 466 g/mol. The van der Waals surface area contributed by atoms with E-state index in [0.29, 0.717) is 0 Å². The van der Waals surface area contributed by atoms with E-state index in [0.717, 1.165) is 24.8 Å². The van der Waals surface area contributed by atoms with E-state index in [2.05, 4.69) is 16.0 Å². The Morgan fingerprint density at radius 3 is 1.20 bits per heavy atom. The Morgan fingerprint density at radius 1 is 0.850 bits per heavy atom. The van der Waals surface area contributed by atoms with E-state index in [-0.39, 0.29) is 25.8 Å². The van der Waals surface area contributed by atoms with Crippen molar-refractivity contribution in [3.63, 3.8) is 0 Å². The molecule has 0 saturated carbocycles. The van der Waals surface area contributed by atoms with Crippen LogP contribution in [0.3, 0.4) is 0 Å². The van der Waals surface area contributed by atoms with E-state index in [1.807, 2.05) is 45.0 Å². The molecular weight excluding hydrogens is 436 g/mol. The summed E-state index contributed by atoms with van der Waals surface area (Å²) < 4.78 is 11.7. The van der Waals surface area contributed by atoms with Crippen LogP contribution < -0.4 is 5.19 Å². The zero-order valence-corrected chi connectivity index (χ0v) is 18.9. The van der Waals surface area contributed by atoms with Gasteiger partial charge in [-0.1, -0.05) is 20.8 Å². The van der Waals surface area contributed by atoms with Gasteiger partial charge in [0.1, 0.15) is 0 Å². The van der Waals surface area contributed by atoms with E-state index in [1.54, 1.807) is 21.1 Å². The molecule has 0 aliphatic rings. The Hall–Kier alpha value is 0.247. The number of rotatable bonds is 4. The summed E-state index contributed by atoms with van der Waals surface area (Å²) in [5, 5.41) is 12.1. The van der Waals surface area contributed by atoms with Gasteiger partial charge in [0.2, 0.25) is 0 Å². The van der Waals surface area contributed by atoms with Crippen LogP contribution in [0.1, 0.15) is 20.8 Å². The van der Waals surface area contributed by atoms with Gasteiger partial charge in [-0.2, -0.15) is 52.9 Å². The van der Waals surface area contributed by atoms with Crippen molar-refractivity contribution in [3.05, 3.63) is 40.2 Å². The minimum atomic E-state index is -1.37. The van der Waals surface area contributed by atoms with E-state index in [1.165, 1.54) is 0 Å². The van der Waals surface area contributed by atoms with Gasteiger partial charge in [-0.15, -0.1) is 5.19 Å². The second-order valence-corrected chi connectivity index (χ2v) is 4.41. The molecule has 0 N–H and O–H groups in total. The molecule has 20 heavy (non-hydrogen) atoms. The molecule has 0 fully saturated rings. The zero-order valence-electron chi connectivity index (χ0n) is 13.9. The molecule has 1 rings (SSSR count). The summed E-state index contributed by atoms with van der Waals surface area (Å²) in [6.45, 7) is 8.88. The minimum absolute atomic E-state index is 0. The van der Waals surface area contributed by atoms with Gasteiger partial charge in [0.15, 0.2) is 9.85 Å². The average Bonchev–Trinajstić information content (AvgIpc) is 3.01. The van der Waals surface area contributed by atoms with Gasteiger partial charge in [0.25, 0.3) is 0 Å². The SMILES string of the molecule is CC[N-]C.CC[N-]C.CC[N-]C.F[SiH2][c-]1cccc1.[Hf+4]. The molecule has 0 radical (unpaired) electrons. The first kappa shape index (κ1) is 28.4. The second kappa shape index (κ2) is 31.6. The normalized spacial score (nSPS) is 8.35. The predicted molar refractivity (Wildman–Crippen MR) is 90.8 cm³/mol. The maximum Gasteiger partial charge on any atom is 4.00 e. The van der Waals surface area contributed by atoms with Gasteiger partial charge in [-0.3, -0.25) is 0 Å².